The SMILES string of the molecule is CN1CCN(C2CCc3nn(-c4ccc(F)cc4)c(O)c3C2)CC1. The number of aromatic nitrogens is 2. The lowest BCUT2D eigenvalue weighted by Gasteiger charge is -2.39. The molecule has 1 aliphatic heterocycles. The van der Waals surface area contributed by atoms with Gasteiger partial charge < -0.3 is 10.0 Å². The molecule has 1 fully saturated rings. The Hall–Kier alpha value is -1.92. The van der Waals surface area contributed by atoms with Crippen molar-refractivity contribution < 1.29 is 9.50 Å². The van der Waals surface area contributed by atoms with E-state index in [0.717, 1.165) is 56.7 Å². The molecule has 0 bridgehead atoms. The van der Waals surface area contributed by atoms with E-state index in [1.54, 1.807) is 12.1 Å². The van der Waals surface area contributed by atoms with Gasteiger partial charge in [-0.05, 0) is 50.6 Å². The minimum atomic E-state index is -0.287. The number of fused-ring (bicyclic) bond motifs is 1. The van der Waals surface area contributed by atoms with Crippen molar-refractivity contribution >= 4 is 0 Å². The fourth-order valence-electron chi connectivity index (χ4n) is 3.80. The van der Waals surface area contributed by atoms with Crippen LogP contribution in [0.2, 0.25) is 0 Å². The molecule has 128 valence electrons. The molecule has 2 heterocycles. The second kappa shape index (κ2) is 6.18. The Balaban J connectivity index is 1.57. The first-order valence-corrected chi connectivity index (χ1v) is 8.60. The van der Waals surface area contributed by atoms with Crippen molar-refractivity contribution in [3.05, 3.63) is 41.3 Å². The molecule has 1 aromatic carbocycles. The van der Waals surface area contributed by atoms with Crippen LogP contribution in [0.25, 0.3) is 5.69 Å². The molecule has 2 aliphatic rings. The molecule has 1 N–H and O–H groups in total. The summed E-state index contributed by atoms with van der Waals surface area (Å²) in [7, 11) is 2.16. The normalized spacial score (nSPS) is 22.5. The molecule has 24 heavy (non-hydrogen) atoms. The van der Waals surface area contributed by atoms with Crippen LogP contribution in [0.1, 0.15) is 17.7 Å². The highest BCUT2D eigenvalue weighted by Crippen LogP contribution is 2.32. The summed E-state index contributed by atoms with van der Waals surface area (Å²) in [6, 6.07) is 6.55. The molecule has 1 aliphatic carbocycles. The van der Waals surface area contributed by atoms with Crippen LogP contribution in [-0.2, 0) is 12.8 Å². The van der Waals surface area contributed by atoms with E-state index >= 15 is 0 Å². The Bertz CT molecular complexity index is 719. The zero-order valence-corrected chi connectivity index (χ0v) is 14.0. The van der Waals surface area contributed by atoms with Gasteiger partial charge in [0.25, 0.3) is 0 Å². The Morgan fingerprint density at radius 2 is 1.83 bits per heavy atom. The van der Waals surface area contributed by atoms with Gasteiger partial charge in [0.2, 0.25) is 5.88 Å². The Morgan fingerprint density at radius 3 is 2.54 bits per heavy atom. The van der Waals surface area contributed by atoms with E-state index in [2.05, 4.69) is 21.9 Å². The summed E-state index contributed by atoms with van der Waals surface area (Å²) in [5.74, 6) is -0.0827. The van der Waals surface area contributed by atoms with E-state index in [4.69, 9.17) is 0 Å². The van der Waals surface area contributed by atoms with Crippen molar-refractivity contribution in [3.63, 3.8) is 0 Å². The van der Waals surface area contributed by atoms with Crippen molar-refractivity contribution in [2.45, 2.75) is 25.3 Å². The summed E-state index contributed by atoms with van der Waals surface area (Å²) < 4.78 is 14.7. The number of halogens is 1. The molecular formula is C18H23FN4O. The molecular weight excluding hydrogens is 307 g/mol. The first kappa shape index (κ1) is 15.6. The quantitative estimate of drug-likeness (QED) is 0.912. The van der Waals surface area contributed by atoms with Gasteiger partial charge in [-0.2, -0.15) is 5.10 Å². The summed E-state index contributed by atoms with van der Waals surface area (Å²) in [6.45, 7) is 4.38. The van der Waals surface area contributed by atoms with Crippen molar-refractivity contribution in [1.82, 2.24) is 19.6 Å². The summed E-state index contributed by atoms with van der Waals surface area (Å²) >= 11 is 0. The highest BCUT2D eigenvalue weighted by Gasteiger charge is 2.31. The smallest absolute Gasteiger partial charge is 0.217 e. The molecule has 0 saturated carbocycles. The fourth-order valence-corrected chi connectivity index (χ4v) is 3.80. The first-order valence-electron chi connectivity index (χ1n) is 8.60. The van der Waals surface area contributed by atoms with Crippen LogP contribution < -0.4 is 0 Å². The minimum Gasteiger partial charge on any atom is -0.493 e. The van der Waals surface area contributed by atoms with E-state index in [0.29, 0.717) is 11.7 Å². The molecule has 4 rings (SSSR count). The van der Waals surface area contributed by atoms with Gasteiger partial charge in [0.1, 0.15) is 5.82 Å². The lowest BCUT2D eigenvalue weighted by atomic mass is 9.91. The van der Waals surface area contributed by atoms with E-state index in [1.807, 2.05) is 0 Å². The number of aryl methyl sites for hydroxylation is 1. The summed E-state index contributed by atoms with van der Waals surface area (Å²) in [4.78, 5) is 4.90. The third kappa shape index (κ3) is 2.80. The number of likely N-dealkylation sites (N-methyl/N-ethyl adjacent to an activating group) is 1. The van der Waals surface area contributed by atoms with Crippen molar-refractivity contribution in [2.24, 2.45) is 0 Å². The van der Waals surface area contributed by atoms with Gasteiger partial charge in [0.05, 0.1) is 11.4 Å². The second-order valence-electron chi connectivity index (χ2n) is 6.87. The van der Waals surface area contributed by atoms with Crippen LogP contribution in [0.15, 0.2) is 24.3 Å². The van der Waals surface area contributed by atoms with Gasteiger partial charge in [0, 0.05) is 37.8 Å². The third-order valence-corrected chi connectivity index (χ3v) is 5.32. The number of piperazine rings is 1. The van der Waals surface area contributed by atoms with Crippen LogP contribution in [0.4, 0.5) is 4.39 Å². The number of hydrogen-bond donors (Lipinski definition) is 1. The van der Waals surface area contributed by atoms with Crippen molar-refractivity contribution in [3.8, 4) is 11.6 Å². The predicted octanol–water partition coefficient (Wildman–Crippen LogP) is 1.82. The van der Waals surface area contributed by atoms with Crippen molar-refractivity contribution in [1.29, 1.82) is 0 Å². The highest BCUT2D eigenvalue weighted by atomic mass is 19.1. The minimum absolute atomic E-state index is 0.204. The number of benzene rings is 1. The number of hydrogen-bond acceptors (Lipinski definition) is 4. The molecule has 1 aromatic heterocycles. The standard InChI is InChI=1S/C18H23FN4O/c1-21-8-10-22(11-9-21)15-6-7-17-16(12-15)18(24)23(20-17)14-4-2-13(19)3-5-14/h2-5,15,24H,6-12H2,1H3. The average molecular weight is 330 g/mol. The topological polar surface area (TPSA) is 44.5 Å². The lowest BCUT2D eigenvalue weighted by Crippen LogP contribution is -2.50. The molecule has 0 spiro atoms. The molecule has 0 radical (unpaired) electrons. The third-order valence-electron chi connectivity index (χ3n) is 5.32. The van der Waals surface area contributed by atoms with Gasteiger partial charge in [-0.15, -0.1) is 0 Å². The summed E-state index contributed by atoms with van der Waals surface area (Å²) in [6.07, 6.45) is 2.80. The summed E-state index contributed by atoms with van der Waals surface area (Å²) in [5, 5.41) is 15.2. The van der Waals surface area contributed by atoms with Crippen LogP contribution >= 0.6 is 0 Å². The van der Waals surface area contributed by atoms with E-state index in [9.17, 15) is 9.50 Å². The zero-order chi connectivity index (χ0) is 16.7. The first-order chi connectivity index (χ1) is 11.6. The second-order valence-corrected chi connectivity index (χ2v) is 6.87. The molecule has 5 nitrogen and oxygen atoms in total. The number of aromatic hydroxyl groups is 1. The van der Waals surface area contributed by atoms with Gasteiger partial charge >= 0.3 is 0 Å². The zero-order valence-electron chi connectivity index (χ0n) is 14.0. The number of rotatable bonds is 2. The Kier molecular flexibility index (Phi) is 4.02. The number of nitrogens with zero attached hydrogens (tertiary/aromatic N) is 4. The Labute approximate surface area is 141 Å². The average Bonchev–Trinajstić information content (AvgIpc) is 2.93. The van der Waals surface area contributed by atoms with Crippen molar-refractivity contribution in [2.75, 3.05) is 33.2 Å². The molecule has 6 heteroatoms. The molecule has 2 aromatic rings. The molecule has 1 unspecified atom stereocenters. The maximum Gasteiger partial charge on any atom is 0.217 e. The van der Waals surface area contributed by atoms with Gasteiger partial charge in [0.15, 0.2) is 0 Å². The highest BCUT2D eigenvalue weighted by molar-refractivity contribution is 5.42. The maximum atomic E-state index is 13.1. The van der Waals surface area contributed by atoms with E-state index in [-0.39, 0.29) is 11.7 Å². The fraction of sp³-hybridized carbons (Fsp3) is 0.500. The Morgan fingerprint density at radius 1 is 1.12 bits per heavy atom. The maximum absolute atomic E-state index is 13.1. The van der Waals surface area contributed by atoms with Gasteiger partial charge in [-0.3, -0.25) is 4.90 Å². The van der Waals surface area contributed by atoms with Crippen LogP contribution in [0, 0.1) is 5.82 Å². The van der Waals surface area contributed by atoms with Crippen LogP contribution in [0.5, 0.6) is 5.88 Å². The van der Waals surface area contributed by atoms with Crippen LogP contribution in [0.3, 0.4) is 0 Å². The lowest BCUT2D eigenvalue weighted by molar-refractivity contribution is 0.103. The van der Waals surface area contributed by atoms with E-state index < -0.39 is 0 Å². The summed E-state index contributed by atoms with van der Waals surface area (Å²) in [5.41, 5.74) is 2.62. The van der Waals surface area contributed by atoms with E-state index in [1.165, 1.54) is 16.8 Å². The molecule has 1 saturated heterocycles. The predicted molar refractivity (Wildman–Crippen MR) is 90.1 cm³/mol. The van der Waals surface area contributed by atoms with Gasteiger partial charge in [-0.25, -0.2) is 9.07 Å². The molecule has 0 amide bonds. The largest absolute Gasteiger partial charge is 0.493 e. The van der Waals surface area contributed by atoms with Gasteiger partial charge in [-0.1, -0.05) is 0 Å². The molecule has 1 atom stereocenters. The van der Waals surface area contributed by atoms with Crippen LogP contribution in [-0.4, -0.2) is 64.0 Å². The monoisotopic (exact) mass is 330 g/mol.